The molecule has 0 saturated carbocycles. The minimum absolute atomic E-state index is 0.00510. The lowest BCUT2D eigenvalue weighted by Crippen LogP contribution is -2.45. The van der Waals surface area contributed by atoms with Gasteiger partial charge in [-0.1, -0.05) is 20.1 Å². The van der Waals surface area contributed by atoms with Gasteiger partial charge in [-0.25, -0.2) is 4.79 Å². The third kappa shape index (κ3) is 4.03. The van der Waals surface area contributed by atoms with Gasteiger partial charge < -0.3 is 19.3 Å². The number of esters is 2. The van der Waals surface area contributed by atoms with Gasteiger partial charge >= 0.3 is 11.9 Å². The van der Waals surface area contributed by atoms with Gasteiger partial charge in [-0.15, -0.1) is 0 Å². The van der Waals surface area contributed by atoms with Crippen molar-refractivity contribution in [1.29, 1.82) is 0 Å². The smallest absolute Gasteiger partial charge is 0.334 e. The molecule has 3 aliphatic heterocycles. The molecule has 0 aromatic carbocycles. The van der Waals surface area contributed by atoms with E-state index in [1.54, 1.807) is 0 Å². The van der Waals surface area contributed by atoms with Gasteiger partial charge in [0.1, 0.15) is 12.2 Å². The van der Waals surface area contributed by atoms with Crippen LogP contribution in [0.3, 0.4) is 0 Å². The summed E-state index contributed by atoms with van der Waals surface area (Å²) in [6.07, 6.45) is 2.27. The Balaban J connectivity index is 1.93. The maximum Gasteiger partial charge on any atom is 0.334 e. The van der Waals surface area contributed by atoms with E-state index in [-0.39, 0.29) is 18.4 Å². The van der Waals surface area contributed by atoms with Crippen molar-refractivity contribution in [1.82, 2.24) is 0 Å². The van der Waals surface area contributed by atoms with E-state index in [4.69, 9.17) is 14.2 Å². The van der Waals surface area contributed by atoms with Crippen LogP contribution in [0.4, 0.5) is 0 Å². The second-order valence-electron chi connectivity index (χ2n) is 8.81. The van der Waals surface area contributed by atoms with Crippen LogP contribution < -0.4 is 0 Å². The number of hydrogen-bond donors (Lipinski definition) is 1. The van der Waals surface area contributed by atoms with Gasteiger partial charge in [-0.2, -0.15) is 0 Å². The quantitative estimate of drug-likeness (QED) is 0.420. The number of hydrogen-bond acceptors (Lipinski definition) is 6. The summed E-state index contributed by atoms with van der Waals surface area (Å²) in [7, 11) is 0. The highest BCUT2D eigenvalue weighted by molar-refractivity contribution is 5.91. The monoisotopic (exact) mass is 392 g/mol. The number of carbonyl (C=O) groups excluding carboxylic acids is 2. The molecule has 28 heavy (non-hydrogen) atoms. The summed E-state index contributed by atoms with van der Waals surface area (Å²) in [6, 6.07) is 0. The Kier molecular flexibility index (Phi) is 6.01. The molecule has 6 nitrogen and oxygen atoms in total. The van der Waals surface area contributed by atoms with Crippen LogP contribution in [-0.4, -0.2) is 47.1 Å². The van der Waals surface area contributed by atoms with E-state index in [0.717, 1.165) is 37.7 Å². The Hall–Kier alpha value is -1.66. The van der Waals surface area contributed by atoms with Crippen molar-refractivity contribution in [3.8, 4) is 0 Å². The Morgan fingerprint density at radius 2 is 2.04 bits per heavy atom. The molecule has 2 bridgehead atoms. The van der Waals surface area contributed by atoms with E-state index in [0.29, 0.717) is 5.57 Å². The summed E-state index contributed by atoms with van der Waals surface area (Å²) < 4.78 is 17.4. The highest BCUT2D eigenvalue weighted by Gasteiger charge is 2.50. The Morgan fingerprint density at radius 1 is 1.32 bits per heavy atom. The van der Waals surface area contributed by atoms with Crippen molar-refractivity contribution in [3.05, 3.63) is 24.3 Å². The van der Waals surface area contributed by atoms with Gasteiger partial charge in [0.2, 0.25) is 0 Å². The molecule has 3 rings (SSSR count). The average Bonchev–Trinajstić information content (AvgIpc) is 3.15. The van der Waals surface area contributed by atoms with Gasteiger partial charge in [-0.3, -0.25) is 4.79 Å². The molecule has 0 unspecified atom stereocenters. The van der Waals surface area contributed by atoms with Gasteiger partial charge in [0.05, 0.1) is 17.8 Å². The summed E-state index contributed by atoms with van der Waals surface area (Å²) in [4.78, 5) is 24.0. The van der Waals surface area contributed by atoms with E-state index in [1.807, 2.05) is 13.8 Å². The number of fused-ring (bicyclic) bond motifs is 3. The summed E-state index contributed by atoms with van der Waals surface area (Å²) in [5.74, 6) is -1.32. The first-order valence-corrected chi connectivity index (χ1v) is 10.2. The molecular formula is C22H32O6. The molecule has 0 spiro atoms. The predicted octanol–water partition coefficient (Wildman–Crippen LogP) is 3.08. The summed E-state index contributed by atoms with van der Waals surface area (Å²) >= 11 is 0. The topological polar surface area (TPSA) is 82.1 Å². The molecule has 0 amide bonds. The minimum atomic E-state index is -0.793. The largest absolute Gasteiger partial charge is 0.458 e. The standard InChI is InChI=1S/C22H32O6/c1-12-7-6-8-13(2)19(26-15(4)23)20-16(14(3)21(25)27-20)11-18(24)22(5)10-9-17(12)28-22/h13,16-20,24H,1,3,6-11H2,2,4-5H3/t13-,16-,17-,18-,19+,20+,22-/m0/s1. The first-order chi connectivity index (χ1) is 13.1. The molecular weight excluding hydrogens is 360 g/mol. The predicted molar refractivity (Wildman–Crippen MR) is 103 cm³/mol. The second kappa shape index (κ2) is 7.99. The van der Waals surface area contributed by atoms with Crippen molar-refractivity contribution in [2.75, 3.05) is 0 Å². The van der Waals surface area contributed by atoms with Crippen molar-refractivity contribution in [2.24, 2.45) is 11.8 Å². The lowest BCUT2D eigenvalue weighted by molar-refractivity contribution is -0.166. The van der Waals surface area contributed by atoms with E-state index in [9.17, 15) is 14.7 Å². The molecule has 3 fully saturated rings. The molecule has 3 heterocycles. The maximum absolute atomic E-state index is 12.3. The lowest BCUT2D eigenvalue weighted by atomic mass is 9.79. The molecule has 6 heteroatoms. The molecule has 0 aromatic heterocycles. The first-order valence-electron chi connectivity index (χ1n) is 10.2. The fraction of sp³-hybridized carbons (Fsp3) is 0.727. The normalized spacial score (nSPS) is 42.1. The maximum atomic E-state index is 12.3. The number of rotatable bonds is 1. The average molecular weight is 392 g/mol. The zero-order valence-electron chi connectivity index (χ0n) is 17.1. The molecule has 3 aliphatic rings. The summed E-state index contributed by atoms with van der Waals surface area (Å²) in [5.41, 5.74) is 0.661. The molecule has 0 aromatic rings. The molecule has 7 atom stereocenters. The van der Waals surface area contributed by atoms with E-state index >= 15 is 0 Å². The lowest BCUT2D eigenvalue weighted by Gasteiger charge is -2.35. The zero-order valence-corrected chi connectivity index (χ0v) is 17.1. The highest BCUT2D eigenvalue weighted by Crippen LogP contribution is 2.43. The van der Waals surface area contributed by atoms with Crippen LogP contribution in [0.25, 0.3) is 0 Å². The van der Waals surface area contributed by atoms with Crippen LogP contribution in [0.2, 0.25) is 0 Å². The molecule has 1 N–H and O–H groups in total. The van der Waals surface area contributed by atoms with Crippen molar-refractivity contribution in [3.63, 3.8) is 0 Å². The van der Waals surface area contributed by atoms with Gasteiger partial charge in [0, 0.05) is 18.4 Å². The van der Waals surface area contributed by atoms with Crippen LogP contribution in [0, 0.1) is 11.8 Å². The van der Waals surface area contributed by atoms with Crippen LogP contribution >= 0.6 is 0 Å². The van der Waals surface area contributed by atoms with Crippen LogP contribution in [0.15, 0.2) is 24.3 Å². The fourth-order valence-electron chi connectivity index (χ4n) is 4.76. The molecule has 3 saturated heterocycles. The van der Waals surface area contributed by atoms with Gasteiger partial charge in [0.25, 0.3) is 0 Å². The molecule has 0 radical (unpaired) electrons. The number of aliphatic hydroxyl groups excluding tert-OH is 1. The van der Waals surface area contributed by atoms with Crippen molar-refractivity contribution >= 4 is 11.9 Å². The van der Waals surface area contributed by atoms with Crippen molar-refractivity contribution < 1.29 is 28.9 Å². The Morgan fingerprint density at radius 3 is 2.71 bits per heavy atom. The first kappa shape index (κ1) is 21.1. The van der Waals surface area contributed by atoms with Crippen LogP contribution in [-0.2, 0) is 23.8 Å². The summed E-state index contributed by atoms with van der Waals surface area (Å²) in [6.45, 7) is 13.4. The second-order valence-corrected chi connectivity index (χ2v) is 8.81. The fourth-order valence-corrected chi connectivity index (χ4v) is 4.76. The Bertz CT molecular complexity index is 670. The zero-order chi connectivity index (χ0) is 20.6. The minimum Gasteiger partial charge on any atom is -0.458 e. The number of carbonyl (C=O) groups is 2. The highest BCUT2D eigenvalue weighted by atomic mass is 16.6. The third-order valence-corrected chi connectivity index (χ3v) is 6.65. The van der Waals surface area contributed by atoms with Crippen LogP contribution in [0.1, 0.15) is 59.3 Å². The SMILES string of the molecule is C=C1CCC[C@H](C)[C@@H](OC(C)=O)[C@@H]2OC(=O)C(=C)[C@@H]2C[C@H](O)[C@]2(C)CC[C@@H]1O2. The molecule has 156 valence electrons. The Labute approximate surface area is 166 Å². The molecule has 0 aliphatic carbocycles. The van der Waals surface area contributed by atoms with E-state index in [2.05, 4.69) is 13.2 Å². The number of ether oxygens (including phenoxy) is 3. The summed E-state index contributed by atoms with van der Waals surface area (Å²) in [5, 5.41) is 11.0. The van der Waals surface area contributed by atoms with Crippen LogP contribution in [0.5, 0.6) is 0 Å². The third-order valence-electron chi connectivity index (χ3n) is 6.65. The van der Waals surface area contributed by atoms with E-state index in [1.165, 1.54) is 6.92 Å². The van der Waals surface area contributed by atoms with Crippen molar-refractivity contribution in [2.45, 2.75) is 89.3 Å². The van der Waals surface area contributed by atoms with Gasteiger partial charge in [0.15, 0.2) is 0 Å². The van der Waals surface area contributed by atoms with E-state index < -0.39 is 41.8 Å². The van der Waals surface area contributed by atoms with Gasteiger partial charge in [-0.05, 0) is 56.9 Å². The number of aliphatic hydroxyl groups is 1.